The lowest BCUT2D eigenvalue weighted by Gasteiger charge is -2.41. The molecule has 29 heavy (non-hydrogen) atoms. The fraction of sp³-hybridized carbons (Fsp3) is 0.591. The number of fused-ring (bicyclic) bond motifs is 2. The van der Waals surface area contributed by atoms with Gasteiger partial charge < -0.3 is 10.2 Å². The highest BCUT2D eigenvalue weighted by Gasteiger charge is 2.40. The molecule has 1 aromatic carbocycles. The number of nitrogens with zero attached hydrogens (tertiary/aromatic N) is 2. The molecule has 3 fully saturated rings. The van der Waals surface area contributed by atoms with Crippen LogP contribution >= 0.6 is 0 Å². The molecule has 0 spiro atoms. The zero-order chi connectivity index (χ0) is 20.0. The Hall–Kier alpha value is -2.25. The highest BCUT2D eigenvalue weighted by atomic mass is 16.2. The van der Waals surface area contributed by atoms with Gasteiger partial charge in [-0.3, -0.25) is 24.6 Å². The number of hydrogen-bond acceptors (Lipinski definition) is 5. The Morgan fingerprint density at radius 3 is 2.83 bits per heavy atom. The standard InChI is InChI=1S/C22H28N4O3/c27-20-5-4-19(21(28)24-20)26-13-18-15(2-1-3-17(18)22(26)29)11-25-9-7-14-6-8-23-10-16(14)12-25/h1-3,14,16,19,23H,4-13H2,(H,24,27,28). The van der Waals surface area contributed by atoms with Crippen LogP contribution in [0.1, 0.15) is 47.2 Å². The molecule has 4 heterocycles. The van der Waals surface area contributed by atoms with Crippen molar-refractivity contribution >= 4 is 17.7 Å². The first-order chi connectivity index (χ1) is 14.1. The van der Waals surface area contributed by atoms with Gasteiger partial charge in [0, 0.05) is 31.6 Å². The van der Waals surface area contributed by atoms with E-state index in [1.165, 1.54) is 18.4 Å². The second-order valence-electron chi connectivity index (χ2n) is 8.88. The van der Waals surface area contributed by atoms with Crippen molar-refractivity contribution in [3.63, 3.8) is 0 Å². The number of piperidine rings is 3. The van der Waals surface area contributed by atoms with Gasteiger partial charge in [-0.25, -0.2) is 0 Å². The third-order valence-electron chi connectivity index (χ3n) is 7.15. The summed E-state index contributed by atoms with van der Waals surface area (Å²) in [5, 5.41) is 5.90. The average Bonchev–Trinajstić information content (AvgIpc) is 3.06. The van der Waals surface area contributed by atoms with Crippen LogP contribution in [0.15, 0.2) is 18.2 Å². The molecule has 7 heteroatoms. The Balaban J connectivity index is 1.32. The molecule has 0 aromatic heterocycles. The predicted molar refractivity (Wildman–Crippen MR) is 107 cm³/mol. The smallest absolute Gasteiger partial charge is 0.255 e. The lowest BCUT2D eigenvalue weighted by Crippen LogP contribution is -2.52. The topological polar surface area (TPSA) is 81.8 Å². The van der Waals surface area contributed by atoms with Gasteiger partial charge in [0.25, 0.3) is 5.91 Å². The van der Waals surface area contributed by atoms with Gasteiger partial charge in [-0.2, -0.15) is 0 Å². The van der Waals surface area contributed by atoms with Crippen LogP contribution in [0.3, 0.4) is 0 Å². The maximum absolute atomic E-state index is 13.0. The summed E-state index contributed by atoms with van der Waals surface area (Å²) >= 11 is 0. The van der Waals surface area contributed by atoms with E-state index in [-0.39, 0.29) is 24.1 Å². The van der Waals surface area contributed by atoms with Crippen LogP contribution < -0.4 is 10.6 Å². The molecule has 7 nitrogen and oxygen atoms in total. The van der Waals surface area contributed by atoms with Crippen molar-refractivity contribution in [3.8, 4) is 0 Å². The molecule has 4 aliphatic rings. The minimum absolute atomic E-state index is 0.0912. The van der Waals surface area contributed by atoms with Crippen LogP contribution in [-0.2, 0) is 22.7 Å². The van der Waals surface area contributed by atoms with Crippen LogP contribution in [0.4, 0.5) is 0 Å². The second kappa shape index (κ2) is 7.54. The molecule has 3 saturated heterocycles. The van der Waals surface area contributed by atoms with Gasteiger partial charge in [0.2, 0.25) is 11.8 Å². The minimum Gasteiger partial charge on any atom is -0.322 e. The summed E-state index contributed by atoms with van der Waals surface area (Å²) in [4.78, 5) is 40.9. The summed E-state index contributed by atoms with van der Waals surface area (Å²) in [7, 11) is 0. The Morgan fingerprint density at radius 1 is 1.07 bits per heavy atom. The average molecular weight is 396 g/mol. The molecule has 3 atom stereocenters. The number of likely N-dealkylation sites (tertiary alicyclic amines) is 1. The van der Waals surface area contributed by atoms with E-state index in [4.69, 9.17) is 0 Å². The van der Waals surface area contributed by atoms with Gasteiger partial charge in [0.05, 0.1) is 0 Å². The molecule has 3 unspecified atom stereocenters. The van der Waals surface area contributed by atoms with E-state index in [2.05, 4.69) is 21.6 Å². The summed E-state index contributed by atoms with van der Waals surface area (Å²) in [5.41, 5.74) is 2.94. The monoisotopic (exact) mass is 396 g/mol. The number of nitrogens with one attached hydrogen (secondary N) is 2. The molecule has 3 amide bonds. The van der Waals surface area contributed by atoms with Gasteiger partial charge in [0.15, 0.2) is 0 Å². The maximum atomic E-state index is 13.0. The molecule has 0 radical (unpaired) electrons. The predicted octanol–water partition coefficient (Wildman–Crippen LogP) is 0.879. The Morgan fingerprint density at radius 2 is 1.97 bits per heavy atom. The van der Waals surface area contributed by atoms with Crippen molar-refractivity contribution in [2.75, 3.05) is 26.2 Å². The molecular formula is C22H28N4O3. The summed E-state index contributed by atoms with van der Waals surface area (Å²) in [6, 6.07) is 5.38. The van der Waals surface area contributed by atoms with Gasteiger partial charge in [0.1, 0.15) is 6.04 Å². The first-order valence-corrected chi connectivity index (χ1v) is 10.8. The fourth-order valence-corrected chi connectivity index (χ4v) is 5.52. The molecule has 1 aromatic rings. The molecule has 5 rings (SSSR count). The van der Waals surface area contributed by atoms with Crippen LogP contribution in [0, 0.1) is 11.8 Å². The quantitative estimate of drug-likeness (QED) is 0.742. The van der Waals surface area contributed by atoms with E-state index in [9.17, 15) is 14.4 Å². The molecular weight excluding hydrogens is 368 g/mol. The van der Waals surface area contributed by atoms with E-state index < -0.39 is 6.04 Å². The van der Waals surface area contributed by atoms with Crippen LogP contribution in [0.25, 0.3) is 0 Å². The minimum atomic E-state index is -0.551. The number of amides is 3. The van der Waals surface area contributed by atoms with E-state index >= 15 is 0 Å². The van der Waals surface area contributed by atoms with Crippen molar-refractivity contribution < 1.29 is 14.4 Å². The Bertz CT molecular complexity index is 854. The number of rotatable bonds is 3. The number of hydrogen-bond donors (Lipinski definition) is 2. The number of carbonyl (C=O) groups is 3. The second-order valence-corrected chi connectivity index (χ2v) is 8.88. The molecule has 0 aliphatic carbocycles. The van der Waals surface area contributed by atoms with Gasteiger partial charge >= 0.3 is 0 Å². The molecule has 0 saturated carbocycles. The third-order valence-corrected chi connectivity index (χ3v) is 7.15. The normalized spacial score (nSPS) is 30.1. The number of imide groups is 1. The summed E-state index contributed by atoms with van der Waals surface area (Å²) in [5.74, 6) is 0.869. The summed E-state index contributed by atoms with van der Waals surface area (Å²) in [6.07, 6.45) is 3.23. The first kappa shape index (κ1) is 18.8. The van der Waals surface area contributed by atoms with Crippen molar-refractivity contribution in [3.05, 3.63) is 34.9 Å². The number of benzene rings is 1. The van der Waals surface area contributed by atoms with E-state index in [1.807, 2.05) is 12.1 Å². The lowest BCUT2D eigenvalue weighted by molar-refractivity contribution is -0.136. The van der Waals surface area contributed by atoms with Crippen molar-refractivity contribution in [1.82, 2.24) is 20.4 Å². The van der Waals surface area contributed by atoms with Gasteiger partial charge in [-0.1, -0.05) is 12.1 Å². The zero-order valence-electron chi connectivity index (χ0n) is 16.7. The van der Waals surface area contributed by atoms with Crippen molar-refractivity contribution in [2.45, 2.75) is 44.8 Å². The van der Waals surface area contributed by atoms with Gasteiger partial charge in [-0.05, 0) is 67.9 Å². The van der Waals surface area contributed by atoms with Gasteiger partial charge in [-0.15, -0.1) is 0 Å². The van der Waals surface area contributed by atoms with Crippen molar-refractivity contribution in [2.24, 2.45) is 11.8 Å². The first-order valence-electron chi connectivity index (χ1n) is 10.8. The largest absolute Gasteiger partial charge is 0.322 e. The molecule has 154 valence electrons. The molecule has 0 bridgehead atoms. The fourth-order valence-electron chi connectivity index (χ4n) is 5.52. The van der Waals surface area contributed by atoms with Crippen molar-refractivity contribution in [1.29, 1.82) is 0 Å². The number of carbonyl (C=O) groups excluding carboxylic acids is 3. The highest BCUT2D eigenvalue weighted by molar-refractivity contribution is 6.05. The van der Waals surface area contributed by atoms with E-state index in [1.54, 1.807) is 4.90 Å². The van der Waals surface area contributed by atoms with E-state index in [0.29, 0.717) is 18.5 Å². The maximum Gasteiger partial charge on any atom is 0.255 e. The summed E-state index contributed by atoms with van der Waals surface area (Å²) < 4.78 is 0. The zero-order valence-corrected chi connectivity index (χ0v) is 16.7. The molecule has 2 N–H and O–H groups in total. The van der Waals surface area contributed by atoms with Crippen LogP contribution in [0.5, 0.6) is 0 Å². The summed E-state index contributed by atoms with van der Waals surface area (Å²) in [6.45, 7) is 5.77. The van der Waals surface area contributed by atoms with Crippen LogP contribution in [-0.4, -0.2) is 59.7 Å². The Kier molecular flexibility index (Phi) is 4.87. The lowest BCUT2D eigenvalue weighted by atomic mass is 9.81. The molecule has 4 aliphatic heterocycles. The third kappa shape index (κ3) is 3.46. The van der Waals surface area contributed by atoms with Crippen LogP contribution in [0.2, 0.25) is 0 Å². The Labute approximate surface area is 170 Å². The highest BCUT2D eigenvalue weighted by Crippen LogP contribution is 2.33. The van der Waals surface area contributed by atoms with E-state index in [0.717, 1.165) is 50.1 Å². The SMILES string of the molecule is O=C1CCC(N2Cc3c(CN4CCC5CCNCC5C4)cccc3C2=O)C(=O)N1.